The molecule has 1 amide bonds. The number of H-pyrrole nitrogens is 1. The van der Waals surface area contributed by atoms with Crippen LogP contribution >= 0.6 is 0 Å². The predicted octanol–water partition coefficient (Wildman–Crippen LogP) is 4.82. The lowest BCUT2D eigenvalue weighted by Crippen LogP contribution is -2.39. The van der Waals surface area contributed by atoms with Crippen LogP contribution in [0, 0.1) is 5.82 Å². The van der Waals surface area contributed by atoms with Gasteiger partial charge in [-0.3, -0.25) is 9.89 Å². The fourth-order valence-electron chi connectivity index (χ4n) is 4.36. The van der Waals surface area contributed by atoms with Crippen LogP contribution in [0.25, 0.3) is 11.3 Å². The molecule has 4 aromatic rings. The molecule has 0 bridgehead atoms. The van der Waals surface area contributed by atoms with E-state index in [1.165, 1.54) is 12.1 Å². The first-order valence-electron chi connectivity index (χ1n) is 11.3. The summed E-state index contributed by atoms with van der Waals surface area (Å²) in [7, 11) is 1.65. The van der Waals surface area contributed by atoms with E-state index in [-0.39, 0.29) is 17.6 Å². The van der Waals surface area contributed by atoms with E-state index in [1.807, 2.05) is 24.3 Å². The maximum absolute atomic E-state index is 13.2. The van der Waals surface area contributed by atoms with Gasteiger partial charge in [0.2, 0.25) is 0 Å². The number of hydrogen-bond acceptors (Lipinski definition) is 5. The van der Waals surface area contributed by atoms with E-state index in [0.29, 0.717) is 36.8 Å². The standard InChI is InChI=1S/C26H25FN4O3/c1-33-24-7-3-2-5-18(24)13-21-15-28-25(34-21)19-6-4-12-31(16-19)26(32)23-14-22(29-30-23)17-8-10-20(27)11-9-17/h2-3,5,7-11,14-15,19H,4,6,12-13,16H2,1H3,(H,29,30)/t19-/m1/s1. The van der Waals surface area contributed by atoms with Crippen molar-refractivity contribution in [2.24, 2.45) is 0 Å². The molecule has 3 heterocycles. The summed E-state index contributed by atoms with van der Waals surface area (Å²) in [5.74, 6) is 1.83. The van der Waals surface area contributed by atoms with Crippen molar-refractivity contribution in [1.82, 2.24) is 20.1 Å². The number of nitrogens with zero attached hydrogens (tertiary/aromatic N) is 3. The van der Waals surface area contributed by atoms with Crippen LogP contribution < -0.4 is 4.74 Å². The van der Waals surface area contributed by atoms with Gasteiger partial charge in [-0.1, -0.05) is 18.2 Å². The van der Waals surface area contributed by atoms with Crippen LogP contribution in [0.1, 0.15) is 46.5 Å². The lowest BCUT2D eigenvalue weighted by atomic mass is 9.97. The Labute approximate surface area is 196 Å². The topological polar surface area (TPSA) is 84.2 Å². The van der Waals surface area contributed by atoms with Crippen molar-refractivity contribution in [3.8, 4) is 17.0 Å². The molecule has 34 heavy (non-hydrogen) atoms. The van der Waals surface area contributed by atoms with E-state index in [1.54, 1.807) is 36.4 Å². The number of hydrogen-bond donors (Lipinski definition) is 1. The minimum atomic E-state index is -0.312. The molecule has 0 unspecified atom stereocenters. The average Bonchev–Trinajstić information content (AvgIpc) is 3.55. The fraction of sp³-hybridized carbons (Fsp3) is 0.269. The molecule has 2 aromatic heterocycles. The number of amides is 1. The van der Waals surface area contributed by atoms with Crippen LogP contribution in [0.5, 0.6) is 5.75 Å². The van der Waals surface area contributed by atoms with E-state index in [2.05, 4.69) is 15.2 Å². The molecule has 0 radical (unpaired) electrons. The Bertz CT molecular complexity index is 1280. The SMILES string of the molecule is COc1ccccc1Cc1cnc([C@@H]2CCCN(C(=O)c3cc(-c4ccc(F)cc4)n[nH]3)C2)o1. The minimum absolute atomic E-state index is 0.0311. The van der Waals surface area contributed by atoms with Gasteiger partial charge in [-0.05, 0) is 49.2 Å². The number of aromatic nitrogens is 3. The molecule has 174 valence electrons. The molecule has 5 rings (SSSR count). The summed E-state index contributed by atoms with van der Waals surface area (Å²) in [6.07, 6.45) is 4.11. The molecule has 1 aliphatic heterocycles. The summed E-state index contributed by atoms with van der Waals surface area (Å²) in [5, 5.41) is 7.06. The van der Waals surface area contributed by atoms with Gasteiger partial charge in [-0.15, -0.1) is 0 Å². The van der Waals surface area contributed by atoms with Crippen molar-refractivity contribution in [3.05, 3.63) is 89.5 Å². The van der Waals surface area contributed by atoms with Crippen molar-refractivity contribution in [3.63, 3.8) is 0 Å². The van der Waals surface area contributed by atoms with Crippen molar-refractivity contribution in [1.29, 1.82) is 0 Å². The number of carbonyl (C=O) groups excluding carboxylic acids is 1. The quantitative estimate of drug-likeness (QED) is 0.446. The number of nitrogens with one attached hydrogen (secondary N) is 1. The highest BCUT2D eigenvalue weighted by Gasteiger charge is 2.29. The fourth-order valence-corrected chi connectivity index (χ4v) is 4.36. The lowest BCUT2D eigenvalue weighted by Gasteiger charge is -2.30. The Morgan fingerprint density at radius 3 is 2.88 bits per heavy atom. The van der Waals surface area contributed by atoms with Crippen LogP contribution in [0.3, 0.4) is 0 Å². The van der Waals surface area contributed by atoms with Gasteiger partial charge in [0.15, 0.2) is 5.89 Å². The smallest absolute Gasteiger partial charge is 0.271 e. The average molecular weight is 461 g/mol. The summed E-state index contributed by atoms with van der Waals surface area (Å²) < 4.78 is 24.7. The zero-order valence-corrected chi connectivity index (χ0v) is 18.8. The van der Waals surface area contributed by atoms with Crippen LogP contribution in [0.2, 0.25) is 0 Å². The van der Waals surface area contributed by atoms with E-state index < -0.39 is 0 Å². The maximum Gasteiger partial charge on any atom is 0.271 e. The van der Waals surface area contributed by atoms with Crippen LogP contribution in [0.4, 0.5) is 4.39 Å². The van der Waals surface area contributed by atoms with Gasteiger partial charge in [0.1, 0.15) is 23.0 Å². The molecule has 2 aromatic carbocycles. The van der Waals surface area contributed by atoms with E-state index >= 15 is 0 Å². The first kappa shape index (κ1) is 21.9. The molecule has 1 fully saturated rings. The van der Waals surface area contributed by atoms with E-state index in [9.17, 15) is 9.18 Å². The number of benzene rings is 2. The van der Waals surface area contributed by atoms with Gasteiger partial charge in [0.25, 0.3) is 5.91 Å². The highest BCUT2D eigenvalue weighted by molar-refractivity contribution is 5.93. The zero-order chi connectivity index (χ0) is 23.5. The monoisotopic (exact) mass is 460 g/mol. The number of ether oxygens (including phenoxy) is 1. The highest BCUT2D eigenvalue weighted by Crippen LogP contribution is 2.29. The molecule has 0 saturated carbocycles. The van der Waals surface area contributed by atoms with Crippen LogP contribution in [-0.4, -0.2) is 46.2 Å². The zero-order valence-electron chi connectivity index (χ0n) is 18.8. The maximum atomic E-state index is 13.2. The molecule has 7 nitrogen and oxygen atoms in total. The Morgan fingerprint density at radius 1 is 1.24 bits per heavy atom. The number of piperidine rings is 1. The Balaban J connectivity index is 1.26. The van der Waals surface area contributed by atoms with Gasteiger partial charge >= 0.3 is 0 Å². The molecule has 1 saturated heterocycles. The molecular formula is C26H25FN4O3. The molecule has 8 heteroatoms. The second-order valence-corrected chi connectivity index (χ2v) is 8.42. The third-order valence-electron chi connectivity index (χ3n) is 6.13. The summed E-state index contributed by atoms with van der Waals surface area (Å²) in [5.41, 5.74) is 2.79. The van der Waals surface area contributed by atoms with Gasteiger partial charge in [-0.2, -0.15) is 5.10 Å². The number of carbonyl (C=O) groups is 1. The Morgan fingerprint density at radius 2 is 2.06 bits per heavy atom. The molecule has 1 atom stereocenters. The van der Waals surface area contributed by atoms with Gasteiger partial charge in [-0.25, -0.2) is 9.37 Å². The number of aromatic amines is 1. The number of likely N-dealkylation sites (tertiary alicyclic amines) is 1. The first-order valence-corrected chi connectivity index (χ1v) is 11.3. The molecule has 0 aliphatic carbocycles. The van der Waals surface area contributed by atoms with Gasteiger partial charge < -0.3 is 14.1 Å². The van der Waals surface area contributed by atoms with Gasteiger partial charge in [0, 0.05) is 30.6 Å². The molecular weight excluding hydrogens is 435 g/mol. The molecule has 1 N–H and O–H groups in total. The lowest BCUT2D eigenvalue weighted by molar-refractivity contribution is 0.0692. The van der Waals surface area contributed by atoms with Crippen molar-refractivity contribution in [2.75, 3.05) is 20.2 Å². The highest BCUT2D eigenvalue weighted by atomic mass is 19.1. The first-order chi connectivity index (χ1) is 16.6. The van der Waals surface area contributed by atoms with Crippen molar-refractivity contribution < 1.29 is 18.3 Å². The number of rotatable bonds is 6. The van der Waals surface area contributed by atoms with Crippen molar-refractivity contribution in [2.45, 2.75) is 25.2 Å². The summed E-state index contributed by atoms with van der Waals surface area (Å²) in [4.78, 5) is 19.4. The predicted molar refractivity (Wildman–Crippen MR) is 124 cm³/mol. The minimum Gasteiger partial charge on any atom is -0.496 e. The normalized spacial score (nSPS) is 15.9. The summed E-state index contributed by atoms with van der Waals surface area (Å²) in [6.45, 7) is 1.19. The van der Waals surface area contributed by atoms with Crippen LogP contribution in [-0.2, 0) is 6.42 Å². The third-order valence-corrected chi connectivity index (χ3v) is 6.13. The van der Waals surface area contributed by atoms with Crippen molar-refractivity contribution >= 4 is 5.91 Å². The Kier molecular flexibility index (Phi) is 6.12. The molecule has 0 spiro atoms. The second kappa shape index (κ2) is 9.51. The van der Waals surface area contributed by atoms with Gasteiger partial charge in [0.05, 0.1) is 24.9 Å². The second-order valence-electron chi connectivity index (χ2n) is 8.42. The molecule has 1 aliphatic rings. The van der Waals surface area contributed by atoms with E-state index in [0.717, 1.165) is 35.5 Å². The number of methoxy groups -OCH3 is 1. The Hall–Kier alpha value is -3.94. The summed E-state index contributed by atoms with van der Waals surface area (Å²) in [6, 6.07) is 15.6. The number of para-hydroxylation sites is 1. The van der Waals surface area contributed by atoms with Crippen LogP contribution in [0.15, 0.2) is 65.2 Å². The number of oxazole rings is 1. The summed E-state index contributed by atoms with van der Waals surface area (Å²) >= 11 is 0. The largest absolute Gasteiger partial charge is 0.496 e. The third kappa shape index (κ3) is 4.57. The number of halogens is 1. The van der Waals surface area contributed by atoms with E-state index in [4.69, 9.17) is 9.15 Å².